The summed E-state index contributed by atoms with van der Waals surface area (Å²) in [5, 5.41) is 9.18. The molecule has 92 valence electrons. The van der Waals surface area contributed by atoms with E-state index in [1.165, 1.54) is 0 Å². The van der Waals surface area contributed by atoms with Crippen LogP contribution in [0.4, 0.5) is 0 Å². The van der Waals surface area contributed by atoms with Gasteiger partial charge in [0.15, 0.2) is 5.96 Å². The normalized spacial score (nSPS) is 30.6. The van der Waals surface area contributed by atoms with Gasteiger partial charge in [0, 0.05) is 13.1 Å². The zero-order valence-electron chi connectivity index (χ0n) is 10.0. The fourth-order valence-corrected chi connectivity index (χ4v) is 2.04. The molecular formula is C11H21N3O2. The lowest BCUT2D eigenvalue weighted by Gasteiger charge is -2.42. The highest BCUT2D eigenvalue weighted by atomic mass is 16.5. The Bertz CT molecular complexity index is 287. The van der Waals surface area contributed by atoms with Gasteiger partial charge >= 0.3 is 0 Å². The van der Waals surface area contributed by atoms with Gasteiger partial charge in [0.25, 0.3) is 0 Å². The van der Waals surface area contributed by atoms with Gasteiger partial charge in [-0.15, -0.1) is 0 Å². The molecule has 0 aromatic rings. The minimum Gasteiger partial charge on any atom is -0.394 e. The number of hydrogen-bond acceptors (Lipinski definition) is 3. The summed E-state index contributed by atoms with van der Waals surface area (Å²) in [7, 11) is 0. The summed E-state index contributed by atoms with van der Waals surface area (Å²) in [5.41, 5.74) is 5.68. The van der Waals surface area contributed by atoms with E-state index in [2.05, 4.69) is 4.99 Å². The summed E-state index contributed by atoms with van der Waals surface area (Å²) in [4.78, 5) is 6.45. The maximum Gasteiger partial charge on any atom is 0.191 e. The summed E-state index contributed by atoms with van der Waals surface area (Å²) in [6, 6.07) is 0.429. The molecule has 3 N–H and O–H groups in total. The lowest BCUT2D eigenvalue weighted by molar-refractivity contribution is -0.135. The number of morpholine rings is 1. The summed E-state index contributed by atoms with van der Waals surface area (Å²) in [6.45, 7) is 5.39. The van der Waals surface area contributed by atoms with Crippen molar-refractivity contribution in [3.05, 3.63) is 0 Å². The first kappa shape index (κ1) is 11.7. The molecule has 1 aliphatic carbocycles. The lowest BCUT2D eigenvalue weighted by atomic mass is 10.1. The summed E-state index contributed by atoms with van der Waals surface area (Å²) >= 11 is 0. The van der Waals surface area contributed by atoms with Crippen molar-refractivity contribution in [2.75, 3.05) is 19.7 Å². The lowest BCUT2D eigenvalue weighted by Crippen LogP contribution is -2.57. The third-order valence-electron chi connectivity index (χ3n) is 2.87. The molecule has 1 unspecified atom stereocenters. The van der Waals surface area contributed by atoms with Gasteiger partial charge in [0.05, 0.1) is 24.4 Å². The molecule has 0 aromatic heterocycles. The Labute approximate surface area is 96.3 Å². The van der Waals surface area contributed by atoms with Gasteiger partial charge in [-0.2, -0.15) is 0 Å². The third-order valence-corrected chi connectivity index (χ3v) is 2.87. The fraction of sp³-hybridized carbons (Fsp3) is 0.909. The third kappa shape index (κ3) is 2.86. The number of nitrogens with two attached hydrogens (primary N) is 1. The van der Waals surface area contributed by atoms with E-state index in [1.54, 1.807) is 0 Å². The van der Waals surface area contributed by atoms with E-state index in [-0.39, 0.29) is 18.3 Å². The first-order chi connectivity index (χ1) is 7.50. The second kappa shape index (κ2) is 4.22. The van der Waals surface area contributed by atoms with Crippen molar-refractivity contribution in [3.8, 4) is 0 Å². The molecule has 1 saturated carbocycles. The molecule has 5 nitrogen and oxygen atoms in total. The number of nitrogens with zero attached hydrogens (tertiary/aromatic N) is 2. The molecule has 1 atom stereocenters. The zero-order valence-corrected chi connectivity index (χ0v) is 10.0. The van der Waals surface area contributed by atoms with Crippen LogP contribution in [0.1, 0.15) is 26.7 Å². The summed E-state index contributed by atoms with van der Waals surface area (Å²) in [5.74, 6) is 0.595. The van der Waals surface area contributed by atoms with Gasteiger partial charge in [-0.05, 0) is 26.7 Å². The Morgan fingerprint density at radius 1 is 1.56 bits per heavy atom. The van der Waals surface area contributed by atoms with Crippen molar-refractivity contribution in [2.24, 2.45) is 10.7 Å². The topological polar surface area (TPSA) is 71.1 Å². The van der Waals surface area contributed by atoms with E-state index in [0.29, 0.717) is 18.5 Å². The highest BCUT2D eigenvalue weighted by Crippen LogP contribution is 2.25. The molecule has 2 fully saturated rings. The minimum absolute atomic E-state index is 0.0244. The predicted octanol–water partition coefficient (Wildman–Crippen LogP) is -0.0648. The largest absolute Gasteiger partial charge is 0.394 e. The van der Waals surface area contributed by atoms with Crippen LogP contribution < -0.4 is 5.73 Å². The molecule has 1 saturated heterocycles. The van der Waals surface area contributed by atoms with Crippen molar-refractivity contribution in [3.63, 3.8) is 0 Å². The fourth-order valence-electron chi connectivity index (χ4n) is 2.04. The molecule has 0 aromatic carbocycles. The van der Waals surface area contributed by atoms with Crippen LogP contribution >= 0.6 is 0 Å². The Morgan fingerprint density at radius 3 is 2.81 bits per heavy atom. The number of ether oxygens (including phenoxy) is 1. The average molecular weight is 227 g/mol. The van der Waals surface area contributed by atoms with E-state index < -0.39 is 0 Å². The van der Waals surface area contributed by atoms with Crippen LogP contribution in [0.15, 0.2) is 4.99 Å². The Kier molecular flexibility index (Phi) is 3.08. The van der Waals surface area contributed by atoms with Crippen molar-refractivity contribution >= 4 is 5.96 Å². The standard InChI is InChI=1S/C11H21N3O2/c1-11(2)7-14(5-9(6-15)16-11)10(12)13-8-3-4-8/h8-9,15H,3-7H2,1-2H3,(H2,12,13). The molecule has 0 bridgehead atoms. The van der Waals surface area contributed by atoms with Crippen molar-refractivity contribution in [2.45, 2.75) is 44.4 Å². The molecule has 0 radical (unpaired) electrons. The number of aliphatic hydroxyl groups is 1. The smallest absolute Gasteiger partial charge is 0.191 e. The van der Waals surface area contributed by atoms with Gasteiger partial charge in [-0.3, -0.25) is 0 Å². The number of guanidine groups is 1. The highest BCUT2D eigenvalue weighted by Gasteiger charge is 2.34. The van der Waals surface area contributed by atoms with Crippen LogP contribution in [-0.2, 0) is 4.74 Å². The van der Waals surface area contributed by atoms with E-state index >= 15 is 0 Å². The average Bonchev–Trinajstić information content (AvgIpc) is 2.99. The molecule has 1 aliphatic heterocycles. The first-order valence-electron chi connectivity index (χ1n) is 5.87. The van der Waals surface area contributed by atoms with Gasteiger partial charge in [-0.1, -0.05) is 0 Å². The van der Waals surface area contributed by atoms with Crippen LogP contribution in [0.5, 0.6) is 0 Å². The van der Waals surface area contributed by atoms with Gasteiger partial charge < -0.3 is 20.5 Å². The SMILES string of the molecule is CC1(C)CN(C(N)=NC2CC2)CC(CO)O1. The summed E-state index contributed by atoms with van der Waals surface area (Å²) < 4.78 is 5.72. The number of aliphatic hydroxyl groups excluding tert-OH is 1. The van der Waals surface area contributed by atoms with Crippen LogP contribution in [0.3, 0.4) is 0 Å². The quantitative estimate of drug-likeness (QED) is 0.512. The monoisotopic (exact) mass is 227 g/mol. The summed E-state index contributed by atoms with van der Waals surface area (Å²) in [6.07, 6.45) is 2.13. The van der Waals surface area contributed by atoms with Crippen LogP contribution in [0.25, 0.3) is 0 Å². The van der Waals surface area contributed by atoms with Gasteiger partial charge in [0.2, 0.25) is 0 Å². The molecule has 5 heteroatoms. The zero-order chi connectivity index (χ0) is 11.8. The van der Waals surface area contributed by atoms with E-state index in [0.717, 1.165) is 19.4 Å². The van der Waals surface area contributed by atoms with Gasteiger partial charge in [0.1, 0.15) is 0 Å². The molecule has 16 heavy (non-hydrogen) atoms. The van der Waals surface area contributed by atoms with Gasteiger partial charge in [-0.25, -0.2) is 4.99 Å². The van der Waals surface area contributed by atoms with Crippen LogP contribution in [0, 0.1) is 0 Å². The van der Waals surface area contributed by atoms with E-state index in [4.69, 9.17) is 10.5 Å². The first-order valence-corrected chi connectivity index (χ1v) is 5.87. The van der Waals surface area contributed by atoms with Crippen molar-refractivity contribution in [1.29, 1.82) is 0 Å². The molecular weight excluding hydrogens is 206 g/mol. The Morgan fingerprint density at radius 2 is 2.25 bits per heavy atom. The van der Waals surface area contributed by atoms with E-state index in [1.807, 2.05) is 18.7 Å². The van der Waals surface area contributed by atoms with Crippen molar-refractivity contribution in [1.82, 2.24) is 4.90 Å². The number of hydrogen-bond donors (Lipinski definition) is 2. The highest BCUT2D eigenvalue weighted by molar-refractivity contribution is 5.78. The minimum atomic E-state index is -0.282. The second-order valence-corrected chi connectivity index (χ2v) is 5.28. The second-order valence-electron chi connectivity index (χ2n) is 5.28. The number of aliphatic imine (C=N–C) groups is 1. The van der Waals surface area contributed by atoms with Crippen molar-refractivity contribution < 1.29 is 9.84 Å². The van der Waals surface area contributed by atoms with Crippen LogP contribution in [0.2, 0.25) is 0 Å². The Balaban J connectivity index is 2.02. The maximum absolute atomic E-state index is 9.18. The molecule has 0 spiro atoms. The molecule has 0 amide bonds. The van der Waals surface area contributed by atoms with Crippen LogP contribution in [-0.4, -0.2) is 53.4 Å². The predicted molar refractivity (Wildman–Crippen MR) is 62.3 cm³/mol. The molecule has 1 heterocycles. The molecule has 2 aliphatic rings. The van der Waals surface area contributed by atoms with E-state index in [9.17, 15) is 5.11 Å². The Hall–Kier alpha value is -0.810. The number of rotatable bonds is 2. The maximum atomic E-state index is 9.18. The molecule has 2 rings (SSSR count).